The number of phenols is 1. The van der Waals surface area contributed by atoms with Gasteiger partial charge in [-0.05, 0) is 52.6 Å². The molecule has 1 saturated heterocycles. The number of aromatic hydroxyl groups is 1. The fourth-order valence-corrected chi connectivity index (χ4v) is 5.58. The Morgan fingerprint density at radius 2 is 1.68 bits per heavy atom. The van der Waals surface area contributed by atoms with Gasteiger partial charge in [0.05, 0.1) is 24.9 Å². The molecule has 1 aliphatic rings. The molecule has 8 nitrogen and oxygen atoms in total. The van der Waals surface area contributed by atoms with Crippen LogP contribution >= 0.6 is 0 Å². The molecule has 0 aliphatic carbocycles. The summed E-state index contributed by atoms with van der Waals surface area (Å²) in [4.78, 5) is 13.5. The van der Waals surface area contributed by atoms with Gasteiger partial charge < -0.3 is 35.0 Å². The van der Waals surface area contributed by atoms with E-state index in [1.54, 1.807) is 24.3 Å². The van der Waals surface area contributed by atoms with Crippen molar-refractivity contribution >= 4 is 5.91 Å². The third kappa shape index (κ3) is 8.11. The third-order valence-electron chi connectivity index (χ3n) is 7.91. The van der Waals surface area contributed by atoms with Gasteiger partial charge in [-0.25, -0.2) is 0 Å². The summed E-state index contributed by atoms with van der Waals surface area (Å²) in [5.41, 5.74) is 6.49. The van der Waals surface area contributed by atoms with Crippen molar-refractivity contribution < 1.29 is 29.6 Å². The van der Waals surface area contributed by atoms with Crippen molar-refractivity contribution in [2.24, 2.45) is 0 Å². The molecule has 5 rings (SSSR count). The quantitative estimate of drug-likeness (QED) is 0.184. The Morgan fingerprint density at radius 1 is 0.955 bits per heavy atom. The Kier molecular flexibility index (Phi) is 10.4. The maximum Gasteiger partial charge on any atom is 0.217 e. The highest BCUT2D eigenvalue weighted by atomic mass is 16.7. The molecule has 1 aliphatic heterocycles. The van der Waals surface area contributed by atoms with Crippen LogP contribution in [0.3, 0.4) is 0 Å². The average Bonchev–Trinajstić information content (AvgIpc) is 3.04. The lowest BCUT2D eigenvalue weighted by Gasteiger charge is -2.38. The minimum absolute atomic E-state index is 0.0211. The van der Waals surface area contributed by atoms with Crippen LogP contribution in [0.1, 0.15) is 59.7 Å². The molecule has 0 saturated carbocycles. The van der Waals surface area contributed by atoms with Crippen molar-refractivity contribution in [3.8, 4) is 16.9 Å². The zero-order valence-corrected chi connectivity index (χ0v) is 25.1. The van der Waals surface area contributed by atoms with Crippen molar-refractivity contribution in [2.45, 2.75) is 51.1 Å². The lowest BCUT2D eigenvalue weighted by atomic mass is 9.97. The van der Waals surface area contributed by atoms with Gasteiger partial charge >= 0.3 is 0 Å². The number of amides is 1. The average molecular weight is 597 g/mol. The number of hydrogen-bond acceptors (Lipinski definition) is 7. The Labute approximate surface area is 258 Å². The first-order chi connectivity index (χ1) is 21.3. The number of ether oxygens (including phenoxy) is 2. The van der Waals surface area contributed by atoms with E-state index in [1.165, 1.54) is 6.92 Å². The number of benzene rings is 4. The van der Waals surface area contributed by atoms with Crippen LogP contribution in [0, 0.1) is 0 Å². The number of likely N-dealkylation sites (N-methyl/N-ethyl adjacent to an activating group) is 1. The Morgan fingerprint density at radius 3 is 2.39 bits per heavy atom. The van der Waals surface area contributed by atoms with Gasteiger partial charge in [0, 0.05) is 38.5 Å². The SMILES string of the molecule is CC(=O)NCc1ccccc1-c1ccc(C2OC(CN(C)CC(O)c3cccc(O)c3)CC(c3ccc(CO)cc3)O2)cc1. The summed E-state index contributed by atoms with van der Waals surface area (Å²) >= 11 is 0. The van der Waals surface area contributed by atoms with Crippen LogP contribution in [0.4, 0.5) is 0 Å². The summed E-state index contributed by atoms with van der Waals surface area (Å²) < 4.78 is 13.0. The second-order valence-electron chi connectivity index (χ2n) is 11.4. The van der Waals surface area contributed by atoms with E-state index in [4.69, 9.17) is 9.47 Å². The van der Waals surface area contributed by atoms with Crippen molar-refractivity contribution in [1.29, 1.82) is 0 Å². The first-order valence-electron chi connectivity index (χ1n) is 14.9. The summed E-state index contributed by atoms with van der Waals surface area (Å²) in [5, 5.41) is 33.0. The van der Waals surface area contributed by atoms with Gasteiger partial charge in [0.25, 0.3) is 0 Å². The lowest BCUT2D eigenvalue weighted by molar-refractivity contribution is -0.252. The fourth-order valence-electron chi connectivity index (χ4n) is 5.58. The number of nitrogens with zero attached hydrogens (tertiary/aromatic N) is 1. The molecule has 230 valence electrons. The molecule has 0 aromatic heterocycles. The molecule has 1 heterocycles. The van der Waals surface area contributed by atoms with Crippen LogP contribution in [0.25, 0.3) is 11.1 Å². The number of nitrogens with one attached hydrogen (secondary N) is 1. The molecule has 44 heavy (non-hydrogen) atoms. The van der Waals surface area contributed by atoms with Gasteiger partial charge in [-0.1, -0.05) is 84.9 Å². The van der Waals surface area contributed by atoms with Gasteiger partial charge in [-0.3, -0.25) is 4.79 Å². The summed E-state index contributed by atoms with van der Waals surface area (Å²) in [6.07, 6.45) is -1.16. The molecule has 4 aromatic rings. The standard InChI is InChI=1S/C36H40N2O6/c1-24(40)37-20-30-6-3-4-9-33(30)26-14-16-28(17-15-26)36-43-32(19-35(44-36)27-12-10-25(23-39)11-13-27)21-38(2)22-34(42)29-7-5-8-31(41)18-29/h3-18,32,34-36,39,41-42H,19-23H2,1-2H3,(H,37,40). The molecule has 1 amide bonds. The second-order valence-corrected chi connectivity index (χ2v) is 11.4. The van der Waals surface area contributed by atoms with Gasteiger partial charge in [0.2, 0.25) is 5.91 Å². The van der Waals surface area contributed by atoms with Crippen molar-refractivity contribution in [3.63, 3.8) is 0 Å². The predicted molar refractivity (Wildman–Crippen MR) is 168 cm³/mol. The Balaban J connectivity index is 1.34. The zero-order valence-electron chi connectivity index (χ0n) is 25.1. The molecule has 1 fully saturated rings. The van der Waals surface area contributed by atoms with E-state index in [9.17, 15) is 20.1 Å². The maximum atomic E-state index is 11.5. The smallest absolute Gasteiger partial charge is 0.217 e. The monoisotopic (exact) mass is 596 g/mol. The van der Waals surface area contributed by atoms with Gasteiger partial charge in [0.15, 0.2) is 6.29 Å². The van der Waals surface area contributed by atoms with Crippen molar-refractivity contribution in [3.05, 3.63) is 125 Å². The Hall–Kier alpha value is -4.05. The highest BCUT2D eigenvalue weighted by Crippen LogP contribution is 2.39. The van der Waals surface area contributed by atoms with Crippen molar-refractivity contribution in [1.82, 2.24) is 10.2 Å². The van der Waals surface area contributed by atoms with Gasteiger partial charge in [-0.2, -0.15) is 0 Å². The minimum Gasteiger partial charge on any atom is -0.508 e. The first kappa shape index (κ1) is 31.4. The van der Waals surface area contributed by atoms with E-state index in [0.29, 0.717) is 31.6 Å². The molecule has 4 aromatic carbocycles. The molecule has 4 unspecified atom stereocenters. The van der Waals surface area contributed by atoms with Crippen LogP contribution in [-0.4, -0.2) is 52.4 Å². The molecule has 0 bridgehead atoms. The van der Waals surface area contributed by atoms with Crippen LogP contribution in [0.15, 0.2) is 97.1 Å². The Bertz CT molecular complexity index is 1520. The molecular formula is C36H40N2O6. The van der Waals surface area contributed by atoms with Gasteiger partial charge in [-0.15, -0.1) is 0 Å². The molecule has 8 heteroatoms. The first-order valence-corrected chi connectivity index (χ1v) is 14.9. The molecule has 0 spiro atoms. The summed E-state index contributed by atoms with van der Waals surface area (Å²) in [6, 6.07) is 30.6. The highest BCUT2D eigenvalue weighted by molar-refractivity contribution is 5.74. The fraction of sp³-hybridized carbons (Fsp3) is 0.306. The lowest BCUT2D eigenvalue weighted by Crippen LogP contribution is -2.39. The van der Waals surface area contributed by atoms with Crippen LogP contribution in [0.2, 0.25) is 0 Å². The van der Waals surface area contributed by atoms with Crippen LogP contribution in [0.5, 0.6) is 5.75 Å². The van der Waals surface area contributed by atoms with Crippen LogP contribution < -0.4 is 5.32 Å². The summed E-state index contributed by atoms with van der Waals surface area (Å²) in [6.45, 7) is 2.88. The molecule has 4 atom stereocenters. The highest BCUT2D eigenvalue weighted by Gasteiger charge is 2.33. The van der Waals surface area contributed by atoms with E-state index in [1.807, 2.05) is 84.7 Å². The summed E-state index contributed by atoms with van der Waals surface area (Å²) in [5.74, 6) is 0.0495. The van der Waals surface area contributed by atoms with Gasteiger partial charge in [0.1, 0.15) is 5.75 Å². The van der Waals surface area contributed by atoms with Crippen LogP contribution in [-0.2, 0) is 27.4 Å². The largest absolute Gasteiger partial charge is 0.508 e. The zero-order chi connectivity index (χ0) is 31.1. The van der Waals surface area contributed by atoms with E-state index in [0.717, 1.165) is 33.4 Å². The molecular weight excluding hydrogens is 556 g/mol. The topological polar surface area (TPSA) is 111 Å². The number of aliphatic hydroxyl groups is 2. The second kappa shape index (κ2) is 14.6. The van der Waals surface area contributed by atoms with E-state index < -0.39 is 12.4 Å². The van der Waals surface area contributed by atoms with E-state index >= 15 is 0 Å². The van der Waals surface area contributed by atoms with Crippen molar-refractivity contribution in [2.75, 3.05) is 20.1 Å². The number of aliphatic hydroxyl groups excluding tert-OH is 2. The maximum absolute atomic E-state index is 11.5. The summed E-state index contributed by atoms with van der Waals surface area (Å²) in [7, 11) is 1.94. The normalized spacial score (nSPS) is 19.1. The third-order valence-corrected chi connectivity index (χ3v) is 7.91. The van der Waals surface area contributed by atoms with E-state index in [-0.39, 0.29) is 30.5 Å². The number of rotatable bonds is 11. The minimum atomic E-state index is -0.759. The number of hydrogen-bond donors (Lipinski definition) is 4. The number of carbonyl (C=O) groups excluding carboxylic acids is 1. The van der Waals surface area contributed by atoms with E-state index in [2.05, 4.69) is 5.32 Å². The molecule has 4 N–H and O–H groups in total. The molecule has 0 radical (unpaired) electrons. The number of phenolic OH excluding ortho intramolecular Hbond substituents is 1. The predicted octanol–water partition coefficient (Wildman–Crippen LogP) is 5.40. The number of carbonyl (C=O) groups is 1.